The monoisotopic (exact) mass is 459 g/mol. The molecule has 8 nitrogen and oxygen atoms in total. The zero-order chi connectivity index (χ0) is 22.6. The SMILES string of the molecule is CNCCOc1cccc2c1CN(S(=O)(=O)C(F)(F)F)CCN2Cc1cc(N)ccn1. The van der Waals surface area contributed by atoms with Crippen LogP contribution in [0, 0.1) is 0 Å². The average molecular weight is 459 g/mol. The summed E-state index contributed by atoms with van der Waals surface area (Å²) in [5, 5.41) is 2.92. The van der Waals surface area contributed by atoms with Crippen LogP contribution < -0.4 is 20.7 Å². The van der Waals surface area contributed by atoms with Crippen molar-refractivity contribution in [2.75, 3.05) is 43.9 Å². The van der Waals surface area contributed by atoms with E-state index in [9.17, 15) is 21.6 Å². The Labute approximate surface area is 178 Å². The van der Waals surface area contributed by atoms with E-state index in [1.165, 1.54) is 0 Å². The van der Waals surface area contributed by atoms with Crippen LogP contribution in [0.3, 0.4) is 0 Å². The first-order valence-electron chi connectivity index (χ1n) is 9.54. The summed E-state index contributed by atoms with van der Waals surface area (Å²) >= 11 is 0. The molecule has 0 aliphatic carbocycles. The number of hydrogen-bond acceptors (Lipinski definition) is 7. The summed E-state index contributed by atoms with van der Waals surface area (Å²) in [5.41, 5.74) is 2.50. The number of anilines is 2. The highest BCUT2D eigenvalue weighted by Crippen LogP contribution is 2.37. The van der Waals surface area contributed by atoms with Gasteiger partial charge >= 0.3 is 15.5 Å². The molecule has 2 heterocycles. The summed E-state index contributed by atoms with van der Waals surface area (Å²) in [6, 6.07) is 8.37. The zero-order valence-corrected chi connectivity index (χ0v) is 17.7. The molecule has 0 unspecified atom stereocenters. The predicted octanol–water partition coefficient (Wildman–Crippen LogP) is 1.93. The molecule has 2 aromatic rings. The highest BCUT2D eigenvalue weighted by Gasteiger charge is 2.50. The molecule has 1 aliphatic heterocycles. The maximum Gasteiger partial charge on any atom is 0.511 e. The van der Waals surface area contributed by atoms with E-state index in [1.807, 2.05) is 0 Å². The van der Waals surface area contributed by atoms with Gasteiger partial charge in [-0.1, -0.05) is 6.07 Å². The fraction of sp³-hybridized carbons (Fsp3) is 0.421. The molecule has 1 aromatic carbocycles. The Morgan fingerprint density at radius 1 is 1.26 bits per heavy atom. The number of nitrogens with two attached hydrogens (primary N) is 1. The number of benzene rings is 1. The van der Waals surface area contributed by atoms with E-state index < -0.39 is 22.1 Å². The molecule has 0 bridgehead atoms. The van der Waals surface area contributed by atoms with Gasteiger partial charge in [0.1, 0.15) is 12.4 Å². The van der Waals surface area contributed by atoms with E-state index in [-0.39, 0.29) is 26.2 Å². The average Bonchev–Trinajstić information content (AvgIpc) is 2.88. The van der Waals surface area contributed by atoms with Gasteiger partial charge in [0.15, 0.2) is 0 Å². The summed E-state index contributed by atoms with van der Waals surface area (Å²) in [5.74, 6) is 0.336. The van der Waals surface area contributed by atoms with Crippen LogP contribution in [0.4, 0.5) is 24.5 Å². The first-order chi connectivity index (χ1) is 14.6. The van der Waals surface area contributed by atoms with Crippen LogP contribution in [0.15, 0.2) is 36.5 Å². The van der Waals surface area contributed by atoms with E-state index >= 15 is 0 Å². The van der Waals surface area contributed by atoms with Gasteiger partial charge in [0.25, 0.3) is 0 Å². The maximum absolute atomic E-state index is 13.3. The van der Waals surface area contributed by atoms with Gasteiger partial charge in [-0.25, -0.2) is 8.42 Å². The first-order valence-corrected chi connectivity index (χ1v) is 11.0. The molecule has 0 fully saturated rings. The Bertz CT molecular complexity index is 1020. The third-order valence-corrected chi connectivity index (χ3v) is 6.41. The third-order valence-electron chi connectivity index (χ3n) is 4.84. The molecule has 3 rings (SSSR count). The number of ether oxygens (including phenoxy) is 1. The van der Waals surface area contributed by atoms with Gasteiger partial charge in [-0.2, -0.15) is 17.5 Å². The van der Waals surface area contributed by atoms with Crippen LogP contribution in [0.25, 0.3) is 0 Å². The quantitative estimate of drug-likeness (QED) is 0.611. The largest absolute Gasteiger partial charge is 0.511 e. The summed E-state index contributed by atoms with van der Waals surface area (Å²) in [6.45, 7) is 0.292. The molecule has 1 aromatic heterocycles. The number of hydrogen-bond donors (Lipinski definition) is 2. The molecule has 1 aliphatic rings. The van der Waals surface area contributed by atoms with Crippen LogP contribution in [-0.2, 0) is 23.1 Å². The molecule has 31 heavy (non-hydrogen) atoms. The van der Waals surface area contributed by atoms with E-state index in [1.54, 1.807) is 48.5 Å². The van der Waals surface area contributed by atoms with Crippen molar-refractivity contribution in [2.45, 2.75) is 18.6 Å². The molecule has 0 radical (unpaired) electrons. The highest BCUT2D eigenvalue weighted by atomic mass is 32.2. The topological polar surface area (TPSA) is 101 Å². The predicted molar refractivity (Wildman–Crippen MR) is 111 cm³/mol. The number of nitrogens with zero attached hydrogens (tertiary/aromatic N) is 3. The third kappa shape index (κ3) is 5.20. The number of halogens is 3. The number of alkyl halides is 3. The van der Waals surface area contributed by atoms with E-state index in [4.69, 9.17) is 10.5 Å². The molecule has 170 valence electrons. The van der Waals surface area contributed by atoms with Crippen LogP contribution in [0.2, 0.25) is 0 Å². The van der Waals surface area contributed by atoms with Crippen molar-refractivity contribution < 1.29 is 26.3 Å². The van der Waals surface area contributed by atoms with Crippen LogP contribution in [0.1, 0.15) is 11.3 Å². The molecular weight excluding hydrogens is 435 g/mol. The number of fused-ring (bicyclic) bond motifs is 1. The Morgan fingerprint density at radius 3 is 2.71 bits per heavy atom. The van der Waals surface area contributed by atoms with E-state index in [0.717, 1.165) is 0 Å². The molecule has 12 heteroatoms. The molecule has 0 saturated heterocycles. The van der Waals surface area contributed by atoms with Crippen molar-refractivity contribution in [2.24, 2.45) is 0 Å². The fourth-order valence-electron chi connectivity index (χ4n) is 3.31. The smallest absolute Gasteiger partial charge is 0.492 e. The lowest BCUT2D eigenvalue weighted by Crippen LogP contribution is -2.42. The minimum absolute atomic E-state index is 0.0404. The maximum atomic E-state index is 13.3. The molecule has 0 spiro atoms. The van der Waals surface area contributed by atoms with Crippen LogP contribution >= 0.6 is 0 Å². The lowest BCUT2D eigenvalue weighted by Gasteiger charge is -2.25. The van der Waals surface area contributed by atoms with Crippen molar-refractivity contribution in [1.82, 2.24) is 14.6 Å². The number of rotatable bonds is 7. The van der Waals surface area contributed by atoms with Crippen molar-refractivity contribution in [3.63, 3.8) is 0 Å². The van der Waals surface area contributed by atoms with Gasteiger partial charge in [0, 0.05) is 49.3 Å². The Morgan fingerprint density at radius 2 is 2.03 bits per heavy atom. The Hall–Kier alpha value is -2.57. The second-order valence-electron chi connectivity index (χ2n) is 6.99. The standard InChI is InChI=1S/C19H24F3N5O3S/c1-24-7-10-30-18-4-2-3-17-16(18)13-27(31(28,29)19(20,21)22)9-8-26(17)12-15-11-14(23)5-6-25-15/h2-6,11,24H,7-10,12-13H2,1H3,(H2,23,25). The van der Waals surface area contributed by atoms with E-state index in [2.05, 4.69) is 10.3 Å². The zero-order valence-electron chi connectivity index (χ0n) is 16.9. The van der Waals surface area contributed by atoms with Gasteiger partial charge < -0.3 is 20.7 Å². The molecule has 0 atom stereocenters. The number of nitrogens with one attached hydrogen (secondary N) is 1. The summed E-state index contributed by atoms with van der Waals surface area (Å²) < 4.78 is 70.3. The molecule has 3 N–H and O–H groups in total. The Kier molecular flexibility index (Phi) is 6.92. The number of nitrogen functional groups attached to an aromatic ring is 1. The normalized spacial score (nSPS) is 15.4. The van der Waals surface area contributed by atoms with Crippen molar-refractivity contribution in [3.8, 4) is 5.75 Å². The van der Waals surface area contributed by atoms with Gasteiger partial charge in [0.2, 0.25) is 0 Å². The first kappa shape index (κ1) is 23.1. The lowest BCUT2D eigenvalue weighted by molar-refractivity contribution is -0.0490. The van der Waals surface area contributed by atoms with Gasteiger partial charge in [-0.05, 0) is 31.3 Å². The summed E-state index contributed by atoms with van der Waals surface area (Å²) in [4.78, 5) is 6.04. The Balaban J connectivity index is 2.01. The van der Waals surface area contributed by atoms with Crippen molar-refractivity contribution in [3.05, 3.63) is 47.8 Å². The lowest BCUT2D eigenvalue weighted by atomic mass is 10.1. The second kappa shape index (κ2) is 9.28. The van der Waals surface area contributed by atoms with Crippen LogP contribution in [0.5, 0.6) is 5.75 Å². The number of likely N-dealkylation sites (N-methyl/N-ethyl adjacent to an activating group) is 1. The number of pyridine rings is 1. The minimum Gasteiger partial charge on any atom is -0.492 e. The second-order valence-corrected chi connectivity index (χ2v) is 8.92. The summed E-state index contributed by atoms with van der Waals surface area (Å²) in [7, 11) is -3.76. The fourth-order valence-corrected chi connectivity index (χ4v) is 4.22. The van der Waals surface area contributed by atoms with Gasteiger partial charge in [-0.3, -0.25) is 4.98 Å². The van der Waals surface area contributed by atoms with Gasteiger partial charge in [-0.15, -0.1) is 0 Å². The minimum atomic E-state index is -5.51. The number of sulfonamides is 1. The van der Waals surface area contributed by atoms with Crippen LogP contribution in [-0.4, -0.2) is 56.5 Å². The van der Waals surface area contributed by atoms with Gasteiger partial charge in [0.05, 0.1) is 12.2 Å². The summed E-state index contributed by atoms with van der Waals surface area (Å²) in [6.07, 6.45) is 1.54. The molecule has 0 saturated carbocycles. The van der Waals surface area contributed by atoms with E-state index in [0.29, 0.717) is 39.2 Å². The van der Waals surface area contributed by atoms with Crippen molar-refractivity contribution in [1.29, 1.82) is 0 Å². The molecular formula is C19H24F3N5O3S. The van der Waals surface area contributed by atoms with Crippen molar-refractivity contribution >= 4 is 21.4 Å². The highest BCUT2D eigenvalue weighted by molar-refractivity contribution is 7.89. The number of aromatic nitrogens is 1. The molecule has 0 amide bonds.